The summed E-state index contributed by atoms with van der Waals surface area (Å²) in [4.78, 5) is 4.62. The van der Waals surface area contributed by atoms with E-state index in [0.29, 0.717) is 0 Å². The zero-order valence-electron chi connectivity index (χ0n) is 11.6. The van der Waals surface area contributed by atoms with E-state index in [1.807, 2.05) is 48.0 Å². The zero-order valence-corrected chi connectivity index (χ0v) is 11.6. The van der Waals surface area contributed by atoms with Gasteiger partial charge in [-0.25, -0.2) is 4.98 Å². The van der Waals surface area contributed by atoms with Crippen molar-refractivity contribution in [3.63, 3.8) is 0 Å². The Morgan fingerprint density at radius 1 is 1.30 bits per heavy atom. The second-order valence-electron chi connectivity index (χ2n) is 4.90. The minimum absolute atomic E-state index is 0.740. The summed E-state index contributed by atoms with van der Waals surface area (Å²) in [7, 11) is 1.67. The molecule has 2 heterocycles. The molecule has 2 N–H and O–H groups in total. The number of fused-ring (bicyclic) bond motifs is 1. The van der Waals surface area contributed by atoms with Crippen molar-refractivity contribution < 1.29 is 4.74 Å². The first-order valence-electron chi connectivity index (χ1n) is 6.53. The molecule has 1 aromatic carbocycles. The number of hydrogen-bond donors (Lipinski definition) is 1. The minimum Gasteiger partial charge on any atom is -0.497 e. The summed E-state index contributed by atoms with van der Waals surface area (Å²) >= 11 is 0. The molecule has 20 heavy (non-hydrogen) atoms. The van der Waals surface area contributed by atoms with E-state index in [2.05, 4.69) is 11.1 Å². The first-order chi connectivity index (χ1) is 9.67. The minimum atomic E-state index is 0.740. The number of nitrogens with zero attached hydrogens (tertiary/aromatic N) is 2. The Hall–Kier alpha value is -2.49. The van der Waals surface area contributed by atoms with Gasteiger partial charge in [-0.2, -0.15) is 0 Å². The summed E-state index contributed by atoms with van der Waals surface area (Å²) < 4.78 is 7.21. The maximum Gasteiger partial charge on any atom is 0.160 e. The molecule has 0 aliphatic heterocycles. The van der Waals surface area contributed by atoms with Crippen molar-refractivity contribution in [2.75, 3.05) is 12.8 Å². The average molecular weight is 267 g/mol. The summed E-state index contributed by atoms with van der Waals surface area (Å²) in [6, 6.07) is 10.0. The molecule has 0 fully saturated rings. The summed E-state index contributed by atoms with van der Waals surface area (Å²) in [6.45, 7) is 1.99. The molecule has 0 atom stereocenters. The molecule has 2 aromatic heterocycles. The van der Waals surface area contributed by atoms with Crippen LogP contribution < -0.4 is 10.5 Å². The molecule has 0 aliphatic carbocycles. The number of aryl methyl sites for hydroxylation is 1. The van der Waals surface area contributed by atoms with E-state index in [9.17, 15) is 0 Å². The number of hydrogen-bond acceptors (Lipinski definition) is 3. The van der Waals surface area contributed by atoms with Crippen LogP contribution in [0.5, 0.6) is 5.75 Å². The molecule has 0 saturated heterocycles. The quantitative estimate of drug-likeness (QED) is 0.794. The van der Waals surface area contributed by atoms with Gasteiger partial charge in [-0.1, -0.05) is 12.1 Å². The highest BCUT2D eigenvalue weighted by Crippen LogP contribution is 2.20. The Kier molecular flexibility index (Phi) is 3.06. The highest BCUT2D eigenvalue weighted by molar-refractivity contribution is 5.68. The van der Waals surface area contributed by atoms with Gasteiger partial charge in [0, 0.05) is 18.8 Å². The summed E-state index contributed by atoms with van der Waals surface area (Å²) in [5, 5.41) is 0. The molecule has 0 unspecified atom stereocenters. The van der Waals surface area contributed by atoms with Gasteiger partial charge in [0.05, 0.1) is 18.5 Å². The van der Waals surface area contributed by atoms with Crippen LogP contribution in [0.1, 0.15) is 16.8 Å². The van der Waals surface area contributed by atoms with Gasteiger partial charge < -0.3 is 14.9 Å². The van der Waals surface area contributed by atoms with E-state index >= 15 is 0 Å². The number of nitrogens with two attached hydrogens (primary N) is 1. The van der Waals surface area contributed by atoms with Crippen molar-refractivity contribution in [1.29, 1.82) is 0 Å². The van der Waals surface area contributed by atoms with E-state index in [-0.39, 0.29) is 0 Å². The number of rotatable bonds is 3. The second-order valence-corrected chi connectivity index (χ2v) is 4.90. The largest absolute Gasteiger partial charge is 0.497 e. The van der Waals surface area contributed by atoms with E-state index in [1.165, 1.54) is 5.56 Å². The van der Waals surface area contributed by atoms with Crippen LogP contribution in [0.3, 0.4) is 0 Å². The Bertz CT molecular complexity index is 762. The highest BCUT2D eigenvalue weighted by Gasteiger charge is 2.07. The Morgan fingerprint density at radius 2 is 2.15 bits per heavy atom. The number of methoxy groups -OCH3 is 1. The SMILES string of the molecule is COc1cccc(Cc2cn3ccc(C)c(N)c3n2)c1. The number of imidazole rings is 1. The van der Waals surface area contributed by atoms with Crippen LogP contribution in [-0.4, -0.2) is 16.5 Å². The van der Waals surface area contributed by atoms with Gasteiger partial charge in [0.1, 0.15) is 5.75 Å². The van der Waals surface area contributed by atoms with Gasteiger partial charge in [0.15, 0.2) is 5.65 Å². The fourth-order valence-corrected chi connectivity index (χ4v) is 2.29. The molecule has 4 nitrogen and oxygen atoms in total. The lowest BCUT2D eigenvalue weighted by Crippen LogP contribution is -1.94. The molecule has 0 saturated carbocycles. The van der Waals surface area contributed by atoms with Crippen molar-refractivity contribution in [2.24, 2.45) is 0 Å². The predicted octanol–water partition coefficient (Wildman–Crippen LogP) is 2.82. The molecule has 0 aliphatic rings. The molecule has 0 amide bonds. The first kappa shape index (κ1) is 12.5. The number of aromatic nitrogens is 2. The average Bonchev–Trinajstić information content (AvgIpc) is 2.87. The van der Waals surface area contributed by atoms with E-state index in [4.69, 9.17) is 10.5 Å². The first-order valence-corrected chi connectivity index (χ1v) is 6.53. The van der Waals surface area contributed by atoms with Crippen LogP contribution in [0.25, 0.3) is 5.65 Å². The molecule has 3 rings (SSSR count). The smallest absolute Gasteiger partial charge is 0.160 e. The fraction of sp³-hybridized carbons (Fsp3) is 0.188. The second kappa shape index (κ2) is 4.89. The number of benzene rings is 1. The van der Waals surface area contributed by atoms with Gasteiger partial charge in [-0.05, 0) is 36.2 Å². The molecule has 3 aromatic rings. The maximum absolute atomic E-state index is 6.07. The number of ether oxygens (including phenoxy) is 1. The molecule has 0 spiro atoms. The molecule has 0 bridgehead atoms. The Balaban J connectivity index is 1.96. The summed E-state index contributed by atoms with van der Waals surface area (Å²) in [5.74, 6) is 0.863. The normalized spacial score (nSPS) is 10.9. The summed E-state index contributed by atoms with van der Waals surface area (Å²) in [5.41, 5.74) is 10.8. The van der Waals surface area contributed by atoms with Gasteiger partial charge in [-0.15, -0.1) is 0 Å². The standard InChI is InChI=1S/C16H17N3O/c1-11-6-7-19-10-13(18-16(19)15(11)17)8-12-4-3-5-14(9-12)20-2/h3-7,9-10H,8,17H2,1-2H3. The highest BCUT2D eigenvalue weighted by atomic mass is 16.5. The number of pyridine rings is 1. The van der Waals surface area contributed by atoms with Crippen LogP contribution in [0.4, 0.5) is 5.69 Å². The molecular formula is C16H17N3O. The maximum atomic E-state index is 6.07. The van der Waals surface area contributed by atoms with Crippen LogP contribution in [0.2, 0.25) is 0 Å². The van der Waals surface area contributed by atoms with Crippen molar-refractivity contribution >= 4 is 11.3 Å². The topological polar surface area (TPSA) is 52.5 Å². The predicted molar refractivity (Wildman–Crippen MR) is 80.1 cm³/mol. The van der Waals surface area contributed by atoms with Crippen LogP contribution in [0, 0.1) is 6.92 Å². The third-order valence-electron chi connectivity index (χ3n) is 3.45. The lowest BCUT2D eigenvalue weighted by atomic mass is 10.1. The van der Waals surface area contributed by atoms with Crippen LogP contribution in [-0.2, 0) is 6.42 Å². The van der Waals surface area contributed by atoms with Gasteiger partial charge in [0.2, 0.25) is 0 Å². The number of nitrogen functional groups attached to an aromatic ring is 1. The third kappa shape index (κ3) is 2.20. The Labute approximate surface area is 117 Å². The van der Waals surface area contributed by atoms with E-state index < -0.39 is 0 Å². The number of anilines is 1. The fourth-order valence-electron chi connectivity index (χ4n) is 2.29. The van der Waals surface area contributed by atoms with Gasteiger partial charge >= 0.3 is 0 Å². The lowest BCUT2D eigenvalue weighted by Gasteiger charge is -2.02. The van der Waals surface area contributed by atoms with E-state index in [1.54, 1.807) is 7.11 Å². The van der Waals surface area contributed by atoms with E-state index in [0.717, 1.165) is 34.8 Å². The van der Waals surface area contributed by atoms with Crippen molar-refractivity contribution in [3.8, 4) is 5.75 Å². The molecular weight excluding hydrogens is 250 g/mol. The molecule has 4 heteroatoms. The van der Waals surface area contributed by atoms with Crippen molar-refractivity contribution in [3.05, 3.63) is 59.5 Å². The molecule has 0 radical (unpaired) electrons. The summed E-state index contributed by atoms with van der Waals surface area (Å²) in [6.07, 6.45) is 4.77. The van der Waals surface area contributed by atoms with Gasteiger partial charge in [-0.3, -0.25) is 0 Å². The van der Waals surface area contributed by atoms with Crippen molar-refractivity contribution in [2.45, 2.75) is 13.3 Å². The lowest BCUT2D eigenvalue weighted by molar-refractivity contribution is 0.414. The van der Waals surface area contributed by atoms with Crippen molar-refractivity contribution in [1.82, 2.24) is 9.38 Å². The Morgan fingerprint density at radius 3 is 2.95 bits per heavy atom. The third-order valence-corrected chi connectivity index (χ3v) is 3.45. The van der Waals surface area contributed by atoms with Crippen LogP contribution >= 0.6 is 0 Å². The monoisotopic (exact) mass is 267 g/mol. The zero-order chi connectivity index (χ0) is 14.1. The van der Waals surface area contributed by atoms with Gasteiger partial charge in [0.25, 0.3) is 0 Å². The van der Waals surface area contributed by atoms with Crippen LogP contribution in [0.15, 0.2) is 42.7 Å². The molecule has 102 valence electrons.